The second-order valence-electron chi connectivity index (χ2n) is 6.06. The van der Waals surface area contributed by atoms with Gasteiger partial charge in [0.15, 0.2) is 5.76 Å². The van der Waals surface area contributed by atoms with Crippen LogP contribution in [0.3, 0.4) is 0 Å². The molecule has 5 nitrogen and oxygen atoms in total. The van der Waals surface area contributed by atoms with Crippen molar-refractivity contribution in [3.8, 4) is 5.75 Å². The summed E-state index contributed by atoms with van der Waals surface area (Å²) >= 11 is 0. The molecular formula is C21H18N2O3. The van der Waals surface area contributed by atoms with E-state index >= 15 is 0 Å². The van der Waals surface area contributed by atoms with Crippen molar-refractivity contribution >= 4 is 33.6 Å². The number of methoxy groups -OCH3 is 1. The Morgan fingerprint density at radius 3 is 2.81 bits per heavy atom. The Bertz CT molecular complexity index is 1110. The van der Waals surface area contributed by atoms with E-state index in [1.807, 2.05) is 48.5 Å². The predicted octanol–water partition coefficient (Wildman–Crippen LogP) is 4.80. The molecule has 0 bridgehead atoms. The quantitative estimate of drug-likeness (QED) is 0.576. The highest BCUT2D eigenvalue weighted by molar-refractivity contribution is 6.05. The van der Waals surface area contributed by atoms with Crippen molar-refractivity contribution in [2.45, 2.75) is 13.3 Å². The van der Waals surface area contributed by atoms with Crippen molar-refractivity contribution in [1.29, 1.82) is 0 Å². The standard InChI is InChI=1S/C21H18N2O3/c1-3-13-5-4-6-16(9-13)22-20(24)19-11-15-10-14-7-8-17(25-2)12-18(14)23-21(15)26-19/h4-12H,3H2,1-2H3,(H,22,24). The van der Waals surface area contributed by atoms with Crippen molar-refractivity contribution < 1.29 is 13.9 Å². The second kappa shape index (κ2) is 6.52. The molecule has 2 heterocycles. The molecule has 130 valence electrons. The lowest BCUT2D eigenvalue weighted by Crippen LogP contribution is -2.10. The number of aryl methyl sites for hydroxylation is 1. The zero-order valence-corrected chi connectivity index (χ0v) is 14.6. The molecule has 0 unspecified atom stereocenters. The Labute approximate surface area is 150 Å². The van der Waals surface area contributed by atoms with Crippen LogP contribution in [0.2, 0.25) is 0 Å². The molecule has 0 spiro atoms. The van der Waals surface area contributed by atoms with Crippen LogP contribution >= 0.6 is 0 Å². The molecule has 4 aromatic rings. The number of carbonyl (C=O) groups excluding carboxylic acids is 1. The molecule has 0 aliphatic rings. The average molecular weight is 346 g/mol. The molecule has 0 radical (unpaired) electrons. The van der Waals surface area contributed by atoms with Crippen LogP contribution in [-0.4, -0.2) is 18.0 Å². The third-order valence-corrected chi connectivity index (χ3v) is 4.33. The average Bonchev–Trinajstić information content (AvgIpc) is 3.08. The monoisotopic (exact) mass is 346 g/mol. The van der Waals surface area contributed by atoms with Crippen LogP contribution in [0.15, 0.2) is 59.0 Å². The Hall–Kier alpha value is -3.34. The summed E-state index contributed by atoms with van der Waals surface area (Å²) in [6.07, 6.45) is 0.911. The van der Waals surface area contributed by atoms with Gasteiger partial charge in [-0.3, -0.25) is 4.79 Å². The van der Waals surface area contributed by atoms with Gasteiger partial charge in [-0.2, -0.15) is 0 Å². The Morgan fingerprint density at radius 2 is 2.00 bits per heavy atom. The van der Waals surface area contributed by atoms with Gasteiger partial charge in [0.2, 0.25) is 5.71 Å². The van der Waals surface area contributed by atoms with E-state index < -0.39 is 0 Å². The first-order valence-corrected chi connectivity index (χ1v) is 8.45. The lowest BCUT2D eigenvalue weighted by molar-refractivity contribution is 0.0998. The van der Waals surface area contributed by atoms with Gasteiger partial charge in [0, 0.05) is 22.5 Å². The summed E-state index contributed by atoms with van der Waals surface area (Å²) in [6.45, 7) is 2.07. The summed E-state index contributed by atoms with van der Waals surface area (Å²) in [7, 11) is 1.61. The number of nitrogens with one attached hydrogen (secondary N) is 1. The minimum atomic E-state index is -0.294. The lowest BCUT2D eigenvalue weighted by atomic mass is 10.1. The summed E-state index contributed by atoms with van der Waals surface area (Å²) in [5.41, 5.74) is 3.10. The molecule has 2 aromatic carbocycles. The highest BCUT2D eigenvalue weighted by Gasteiger charge is 2.14. The normalized spacial score (nSPS) is 11.0. The first kappa shape index (κ1) is 16.1. The summed E-state index contributed by atoms with van der Waals surface area (Å²) in [5.74, 6) is 0.666. The Kier molecular flexibility index (Phi) is 4.05. The predicted molar refractivity (Wildman–Crippen MR) is 102 cm³/mol. The van der Waals surface area contributed by atoms with Crippen molar-refractivity contribution in [2.24, 2.45) is 0 Å². The SMILES string of the molecule is CCc1cccc(NC(=O)c2cc3cc4ccc(OC)cc4nc3o2)c1. The Balaban J connectivity index is 1.67. The van der Waals surface area contributed by atoms with Crippen LogP contribution in [0.25, 0.3) is 22.0 Å². The number of benzene rings is 2. The topological polar surface area (TPSA) is 64.4 Å². The number of amides is 1. The number of ether oxygens (including phenoxy) is 1. The molecule has 1 amide bonds. The first-order chi connectivity index (χ1) is 12.7. The molecular weight excluding hydrogens is 328 g/mol. The maximum Gasteiger partial charge on any atom is 0.291 e. The highest BCUT2D eigenvalue weighted by Crippen LogP contribution is 2.26. The number of nitrogens with zero attached hydrogens (tertiary/aromatic N) is 1. The van der Waals surface area contributed by atoms with E-state index in [4.69, 9.17) is 9.15 Å². The molecule has 1 N–H and O–H groups in total. The number of hydrogen-bond acceptors (Lipinski definition) is 4. The number of hydrogen-bond donors (Lipinski definition) is 1. The van der Waals surface area contributed by atoms with Crippen LogP contribution in [0, 0.1) is 0 Å². The second-order valence-corrected chi connectivity index (χ2v) is 6.06. The number of furan rings is 1. The van der Waals surface area contributed by atoms with Crippen LogP contribution in [0.4, 0.5) is 5.69 Å². The molecule has 0 aliphatic heterocycles. The zero-order chi connectivity index (χ0) is 18.1. The maximum absolute atomic E-state index is 12.5. The lowest BCUT2D eigenvalue weighted by Gasteiger charge is -2.04. The van der Waals surface area contributed by atoms with Gasteiger partial charge in [0.1, 0.15) is 5.75 Å². The fourth-order valence-corrected chi connectivity index (χ4v) is 2.91. The largest absolute Gasteiger partial charge is 0.497 e. The van der Waals surface area contributed by atoms with Gasteiger partial charge in [-0.1, -0.05) is 19.1 Å². The van der Waals surface area contributed by atoms with Crippen molar-refractivity contribution in [3.05, 3.63) is 65.9 Å². The third kappa shape index (κ3) is 2.99. The van der Waals surface area contributed by atoms with Gasteiger partial charge in [-0.05, 0) is 48.4 Å². The molecule has 0 atom stereocenters. The van der Waals surface area contributed by atoms with Crippen molar-refractivity contribution in [2.75, 3.05) is 12.4 Å². The molecule has 26 heavy (non-hydrogen) atoms. The number of aromatic nitrogens is 1. The molecule has 2 aromatic heterocycles. The van der Waals surface area contributed by atoms with E-state index in [9.17, 15) is 4.79 Å². The maximum atomic E-state index is 12.5. The molecule has 0 saturated heterocycles. The van der Waals surface area contributed by atoms with Gasteiger partial charge in [-0.15, -0.1) is 0 Å². The van der Waals surface area contributed by atoms with Crippen molar-refractivity contribution in [3.63, 3.8) is 0 Å². The van der Waals surface area contributed by atoms with Crippen LogP contribution < -0.4 is 10.1 Å². The summed E-state index contributed by atoms with van der Waals surface area (Å²) in [4.78, 5) is 17.0. The Morgan fingerprint density at radius 1 is 1.12 bits per heavy atom. The number of carbonyl (C=O) groups is 1. The number of fused-ring (bicyclic) bond motifs is 2. The van der Waals surface area contributed by atoms with Gasteiger partial charge in [0.05, 0.1) is 12.6 Å². The van der Waals surface area contributed by atoms with Gasteiger partial charge >= 0.3 is 0 Å². The molecule has 0 aliphatic carbocycles. The highest BCUT2D eigenvalue weighted by atomic mass is 16.5. The van der Waals surface area contributed by atoms with Crippen LogP contribution in [-0.2, 0) is 6.42 Å². The minimum Gasteiger partial charge on any atom is -0.497 e. The summed E-state index contributed by atoms with van der Waals surface area (Å²) < 4.78 is 10.9. The number of anilines is 1. The fraction of sp³-hybridized carbons (Fsp3) is 0.143. The number of pyridine rings is 1. The van der Waals surface area contributed by atoms with Gasteiger partial charge < -0.3 is 14.5 Å². The van der Waals surface area contributed by atoms with Crippen LogP contribution in [0.1, 0.15) is 23.0 Å². The van der Waals surface area contributed by atoms with E-state index in [0.717, 1.165) is 39.7 Å². The molecule has 5 heteroatoms. The van der Waals surface area contributed by atoms with E-state index in [0.29, 0.717) is 5.71 Å². The fourth-order valence-electron chi connectivity index (χ4n) is 2.91. The van der Waals surface area contributed by atoms with Gasteiger partial charge in [0.25, 0.3) is 5.91 Å². The third-order valence-electron chi connectivity index (χ3n) is 4.33. The zero-order valence-electron chi connectivity index (χ0n) is 14.6. The summed E-state index contributed by atoms with van der Waals surface area (Å²) in [6, 6.07) is 17.1. The van der Waals surface area contributed by atoms with E-state index in [-0.39, 0.29) is 11.7 Å². The smallest absolute Gasteiger partial charge is 0.291 e. The van der Waals surface area contributed by atoms with Crippen molar-refractivity contribution in [1.82, 2.24) is 4.98 Å². The first-order valence-electron chi connectivity index (χ1n) is 8.45. The number of rotatable bonds is 4. The molecule has 0 fully saturated rings. The van der Waals surface area contributed by atoms with E-state index in [1.54, 1.807) is 13.2 Å². The van der Waals surface area contributed by atoms with E-state index in [2.05, 4.69) is 17.2 Å². The summed E-state index contributed by atoms with van der Waals surface area (Å²) in [5, 5.41) is 4.62. The van der Waals surface area contributed by atoms with Crippen LogP contribution in [0.5, 0.6) is 5.75 Å². The van der Waals surface area contributed by atoms with E-state index in [1.165, 1.54) is 0 Å². The minimum absolute atomic E-state index is 0.233. The molecule has 0 saturated carbocycles. The molecule has 4 rings (SSSR count). The van der Waals surface area contributed by atoms with Gasteiger partial charge in [-0.25, -0.2) is 4.98 Å².